The van der Waals surface area contributed by atoms with E-state index in [9.17, 15) is 0 Å². The van der Waals surface area contributed by atoms with E-state index < -0.39 is 5.54 Å². The Balaban J connectivity index is 1.81. The highest BCUT2D eigenvalue weighted by Crippen LogP contribution is 2.38. The van der Waals surface area contributed by atoms with Gasteiger partial charge in [0.25, 0.3) is 0 Å². The van der Waals surface area contributed by atoms with E-state index in [2.05, 4.69) is 76.3 Å². The van der Waals surface area contributed by atoms with Crippen LogP contribution in [0.5, 0.6) is 5.75 Å². The minimum atomic E-state index is -0.489. The number of fused-ring (bicyclic) bond motifs is 1. The van der Waals surface area contributed by atoms with Crippen LogP contribution in [0.4, 0.5) is 0 Å². The summed E-state index contributed by atoms with van der Waals surface area (Å²) in [6.07, 6.45) is 4.14. The monoisotopic (exact) mass is 466 g/mol. The van der Waals surface area contributed by atoms with E-state index in [1.807, 2.05) is 12.1 Å². The molecule has 1 aliphatic rings. The highest BCUT2D eigenvalue weighted by molar-refractivity contribution is 9.10. The van der Waals surface area contributed by atoms with Crippen molar-refractivity contribution in [2.75, 3.05) is 20.2 Å². The van der Waals surface area contributed by atoms with Gasteiger partial charge in [-0.2, -0.15) is 0 Å². The highest BCUT2D eigenvalue weighted by atomic mass is 79.9. The maximum Gasteiger partial charge on any atom is 0.122 e. The summed E-state index contributed by atoms with van der Waals surface area (Å²) in [5.41, 5.74) is 9.27. The largest absolute Gasteiger partial charge is 0.496 e. The van der Waals surface area contributed by atoms with Crippen molar-refractivity contribution in [3.8, 4) is 5.75 Å². The van der Waals surface area contributed by atoms with Gasteiger partial charge in [0.2, 0.25) is 0 Å². The molecule has 0 aliphatic carbocycles. The van der Waals surface area contributed by atoms with E-state index >= 15 is 0 Å². The Bertz CT molecular complexity index is 1020. The van der Waals surface area contributed by atoms with Crippen LogP contribution in [0.15, 0.2) is 65.1 Å². The number of hydrogen-bond donors (Lipinski definition) is 1. The molecule has 1 fully saturated rings. The third-order valence-electron chi connectivity index (χ3n) is 6.58. The summed E-state index contributed by atoms with van der Waals surface area (Å²) < 4.78 is 6.75. The molecule has 3 nitrogen and oxygen atoms in total. The molecule has 0 amide bonds. The van der Waals surface area contributed by atoms with Crippen LogP contribution in [-0.2, 0) is 12.0 Å². The third kappa shape index (κ3) is 4.27. The number of benzene rings is 3. The van der Waals surface area contributed by atoms with Crippen molar-refractivity contribution < 1.29 is 4.74 Å². The fraction of sp³-hybridized carbons (Fsp3) is 0.385. The molecule has 2 N–H and O–H groups in total. The first-order valence-electron chi connectivity index (χ1n) is 10.9. The second-order valence-electron chi connectivity index (χ2n) is 8.44. The molecule has 0 aromatic heterocycles. The topological polar surface area (TPSA) is 38.5 Å². The molecule has 158 valence electrons. The number of likely N-dealkylation sites (tertiary alicyclic amines) is 1. The number of halogens is 1. The van der Waals surface area contributed by atoms with Gasteiger partial charge in [-0.05, 0) is 78.9 Å². The van der Waals surface area contributed by atoms with E-state index in [1.54, 1.807) is 7.11 Å². The summed E-state index contributed by atoms with van der Waals surface area (Å²) in [6.45, 7) is 4.51. The Morgan fingerprint density at radius 3 is 2.73 bits per heavy atom. The summed E-state index contributed by atoms with van der Waals surface area (Å²) in [5, 5.41) is 2.49. The van der Waals surface area contributed by atoms with Crippen molar-refractivity contribution in [3.63, 3.8) is 0 Å². The number of hydrogen-bond acceptors (Lipinski definition) is 3. The zero-order chi connectivity index (χ0) is 21.1. The van der Waals surface area contributed by atoms with Crippen molar-refractivity contribution in [2.24, 2.45) is 5.73 Å². The summed E-state index contributed by atoms with van der Waals surface area (Å²) in [4.78, 5) is 2.59. The van der Waals surface area contributed by atoms with Gasteiger partial charge in [0.1, 0.15) is 5.75 Å². The Morgan fingerprint density at radius 1 is 1.13 bits per heavy atom. The number of methoxy groups -OCH3 is 1. The first-order valence-corrected chi connectivity index (χ1v) is 11.7. The summed E-state index contributed by atoms with van der Waals surface area (Å²) in [7, 11) is 1.73. The van der Waals surface area contributed by atoms with Gasteiger partial charge in [0.05, 0.1) is 7.11 Å². The van der Waals surface area contributed by atoms with E-state index in [-0.39, 0.29) is 0 Å². The molecule has 2 unspecified atom stereocenters. The van der Waals surface area contributed by atoms with Crippen molar-refractivity contribution in [3.05, 3.63) is 76.3 Å². The lowest BCUT2D eigenvalue weighted by atomic mass is 9.77. The third-order valence-corrected chi connectivity index (χ3v) is 7.07. The van der Waals surface area contributed by atoms with Gasteiger partial charge in [-0.1, -0.05) is 65.3 Å². The van der Waals surface area contributed by atoms with E-state index in [4.69, 9.17) is 10.5 Å². The lowest BCUT2D eigenvalue weighted by Gasteiger charge is -2.37. The van der Waals surface area contributed by atoms with Crippen molar-refractivity contribution in [1.82, 2.24) is 4.90 Å². The highest BCUT2D eigenvalue weighted by Gasteiger charge is 2.36. The Kier molecular flexibility index (Phi) is 6.47. The van der Waals surface area contributed by atoms with Crippen LogP contribution in [0.3, 0.4) is 0 Å². The lowest BCUT2D eigenvalue weighted by Crippen LogP contribution is -2.45. The van der Waals surface area contributed by atoms with Gasteiger partial charge in [-0.3, -0.25) is 0 Å². The molecular formula is C26H31BrN2O. The van der Waals surface area contributed by atoms with Crippen LogP contribution in [0.1, 0.15) is 37.3 Å². The molecule has 0 radical (unpaired) electrons. The second-order valence-corrected chi connectivity index (χ2v) is 9.36. The zero-order valence-electron chi connectivity index (χ0n) is 17.9. The number of nitrogens with zero attached hydrogens (tertiary/aromatic N) is 1. The maximum atomic E-state index is 7.39. The minimum Gasteiger partial charge on any atom is -0.496 e. The average molecular weight is 467 g/mol. The van der Waals surface area contributed by atoms with Crippen molar-refractivity contribution in [2.45, 2.75) is 44.2 Å². The van der Waals surface area contributed by atoms with E-state index in [1.165, 1.54) is 35.7 Å². The molecular weight excluding hydrogens is 436 g/mol. The Labute approximate surface area is 188 Å². The SMILES string of the molecule is CCN1CCCC1CC(N)(Cc1cc(Br)ccc1OC)c1cccc2ccccc12. The molecule has 1 saturated heterocycles. The fourth-order valence-electron chi connectivity index (χ4n) is 5.13. The van der Waals surface area contributed by atoms with Crippen LogP contribution in [0.2, 0.25) is 0 Å². The Hall–Kier alpha value is -1.88. The van der Waals surface area contributed by atoms with E-state index in [0.717, 1.165) is 35.2 Å². The van der Waals surface area contributed by atoms with Crippen LogP contribution >= 0.6 is 15.9 Å². The predicted molar refractivity (Wildman–Crippen MR) is 129 cm³/mol. The molecule has 0 bridgehead atoms. The average Bonchev–Trinajstić information content (AvgIpc) is 3.20. The Morgan fingerprint density at radius 2 is 1.93 bits per heavy atom. The van der Waals surface area contributed by atoms with Gasteiger partial charge >= 0.3 is 0 Å². The van der Waals surface area contributed by atoms with Crippen LogP contribution < -0.4 is 10.5 Å². The molecule has 4 heteroatoms. The molecule has 2 atom stereocenters. The van der Waals surface area contributed by atoms with Gasteiger partial charge in [-0.25, -0.2) is 0 Å². The lowest BCUT2D eigenvalue weighted by molar-refractivity contribution is 0.211. The minimum absolute atomic E-state index is 0.489. The van der Waals surface area contributed by atoms with Crippen LogP contribution in [-0.4, -0.2) is 31.1 Å². The van der Waals surface area contributed by atoms with Crippen LogP contribution in [0.25, 0.3) is 10.8 Å². The predicted octanol–water partition coefficient (Wildman–Crippen LogP) is 5.88. The molecule has 0 saturated carbocycles. The summed E-state index contributed by atoms with van der Waals surface area (Å²) in [6, 6.07) is 21.8. The standard InChI is InChI=1S/C26H31BrN2O/c1-3-29-15-7-10-22(29)18-26(28,17-20-16-21(27)13-14-25(20)30-2)24-12-6-9-19-8-4-5-11-23(19)24/h4-6,8-9,11-14,16,22H,3,7,10,15,17-18,28H2,1-2H3. The summed E-state index contributed by atoms with van der Waals surface area (Å²) in [5.74, 6) is 0.895. The molecule has 30 heavy (non-hydrogen) atoms. The number of rotatable bonds is 7. The quantitative estimate of drug-likeness (QED) is 0.472. The maximum absolute atomic E-state index is 7.39. The molecule has 3 aromatic rings. The smallest absolute Gasteiger partial charge is 0.122 e. The molecule has 1 heterocycles. The molecule has 4 rings (SSSR count). The van der Waals surface area contributed by atoms with Crippen LogP contribution in [0, 0.1) is 0 Å². The van der Waals surface area contributed by atoms with Crippen molar-refractivity contribution in [1.29, 1.82) is 0 Å². The van der Waals surface area contributed by atoms with Gasteiger partial charge < -0.3 is 15.4 Å². The van der Waals surface area contributed by atoms with Crippen molar-refractivity contribution >= 4 is 26.7 Å². The first kappa shape index (κ1) is 21.4. The fourth-order valence-corrected chi connectivity index (χ4v) is 5.53. The molecule has 3 aromatic carbocycles. The summed E-state index contributed by atoms with van der Waals surface area (Å²) >= 11 is 3.63. The normalized spacial score (nSPS) is 19.1. The molecule has 1 aliphatic heterocycles. The van der Waals surface area contributed by atoms with Gasteiger partial charge in [0, 0.05) is 16.1 Å². The first-order chi connectivity index (χ1) is 14.5. The second kappa shape index (κ2) is 9.09. The number of nitrogens with two attached hydrogens (primary N) is 1. The number of ether oxygens (including phenoxy) is 1. The van der Waals surface area contributed by atoms with Gasteiger partial charge in [-0.15, -0.1) is 0 Å². The molecule has 0 spiro atoms. The van der Waals surface area contributed by atoms with E-state index in [0.29, 0.717) is 6.04 Å². The van der Waals surface area contributed by atoms with Gasteiger partial charge in [0.15, 0.2) is 0 Å². The zero-order valence-corrected chi connectivity index (χ0v) is 19.5.